The van der Waals surface area contributed by atoms with Crippen LogP contribution in [0.25, 0.3) is 11.0 Å². The lowest BCUT2D eigenvalue weighted by atomic mass is 10.2. The fourth-order valence-electron chi connectivity index (χ4n) is 3.63. The normalized spacial score (nSPS) is 21.8. The van der Waals surface area contributed by atoms with Crippen molar-refractivity contribution in [3.8, 4) is 0 Å². The average Bonchev–Trinajstić information content (AvgIpc) is 3.12. The van der Waals surface area contributed by atoms with Crippen LogP contribution in [0.1, 0.15) is 5.56 Å². The first-order valence-electron chi connectivity index (χ1n) is 9.28. The maximum Gasteiger partial charge on any atom is 0.500 e. The number of aromatic amines is 1. The zero-order valence-electron chi connectivity index (χ0n) is 16.5. The Morgan fingerprint density at radius 3 is 2.55 bits per heavy atom. The van der Waals surface area contributed by atoms with Crippen LogP contribution in [0.5, 0.6) is 0 Å². The minimum Gasteiger partial charge on any atom is -0.340 e. The molecule has 1 atom stereocenters. The second-order valence-corrected chi connectivity index (χ2v) is 9.43. The van der Waals surface area contributed by atoms with Gasteiger partial charge in [-0.15, -0.1) is 0 Å². The van der Waals surface area contributed by atoms with E-state index in [9.17, 15) is 18.0 Å². The van der Waals surface area contributed by atoms with E-state index in [4.69, 9.17) is 0 Å². The zero-order chi connectivity index (χ0) is 20.9. The molecule has 2 aromatic rings. The molecule has 0 spiro atoms. The van der Waals surface area contributed by atoms with Crippen molar-refractivity contribution in [3.05, 3.63) is 23.8 Å². The molecule has 3 amide bonds. The molecule has 0 bridgehead atoms. The van der Waals surface area contributed by atoms with Crippen LogP contribution in [-0.2, 0) is 14.8 Å². The molecule has 1 aromatic heterocycles. The quantitative estimate of drug-likeness (QED) is 0.701. The maximum atomic E-state index is 13.0. The van der Waals surface area contributed by atoms with E-state index in [0.29, 0.717) is 19.0 Å². The van der Waals surface area contributed by atoms with Gasteiger partial charge in [-0.25, -0.2) is 22.8 Å². The number of anilines is 1. The van der Waals surface area contributed by atoms with Crippen LogP contribution in [0.2, 0.25) is 0 Å². The van der Waals surface area contributed by atoms with E-state index < -0.39 is 27.2 Å². The van der Waals surface area contributed by atoms with Gasteiger partial charge in [-0.1, -0.05) is 6.07 Å². The standard InChI is InChI=1S/C18H23N6O4S/c1-12-4-5-13-14(10-12)20-17(19-13)23-6-8-24(9-7-23)29(27,28)15-11-21(2)18(26)22(3)16(15)25/h4-5,10-11,15H,6-9H2,1-3H3,(H,19,20)/q+1. The van der Waals surface area contributed by atoms with Crippen LogP contribution in [0.4, 0.5) is 10.7 Å². The predicted molar refractivity (Wildman–Crippen MR) is 108 cm³/mol. The Bertz CT molecular complexity index is 1130. The van der Waals surface area contributed by atoms with Gasteiger partial charge in [0.15, 0.2) is 0 Å². The fourth-order valence-corrected chi connectivity index (χ4v) is 5.37. The monoisotopic (exact) mass is 419 g/mol. The summed E-state index contributed by atoms with van der Waals surface area (Å²) in [4.78, 5) is 35.0. The number of sulfonamides is 1. The summed E-state index contributed by atoms with van der Waals surface area (Å²) in [5, 5.41) is -1.39. The first-order chi connectivity index (χ1) is 13.7. The molecule has 154 valence electrons. The molecule has 0 radical (unpaired) electrons. The highest BCUT2D eigenvalue weighted by atomic mass is 32.2. The molecule has 1 saturated heterocycles. The molecule has 10 nitrogen and oxygen atoms in total. The van der Waals surface area contributed by atoms with E-state index in [1.165, 1.54) is 24.6 Å². The molecule has 29 heavy (non-hydrogen) atoms. The molecule has 0 saturated carbocycles. The van der Waals surface area contributed by atoms with Gasteiger partial charge in [-0.2, -0.15) is 14.0 Å². The molecule has 1 N–H and O–H groups in total. The first-order valence-corrected chi connectivity index (χ1v) is 10.8. The lowest BCUT2D eigenvalue weighted by Gasteiger charge is -2.35. The van der Waals surface area contributed by atoms with Gasteiger partial charge in [0, 0.05) is 26.2 Å². The summed E-state index contributed by atoms with van der Waals surface area (Å²) in [6.07, 6.45) is 1.17. The molecular formula is C18H23N6O4S+. The van der Waals surface area contributed by atoms with Crippen molar-refractivity contribution in [2.24, 2.45) is 0 Å². The summed E-state index contributed by atoms with van der Waals surface area (Å²) in [6, 6.07) is 5.41. The highest BCUT2D eigenvalue weighted by Crippen LogP contribution is 2.22. The van der Waals surface area contributed by atoms with Gasteiger partial charge in [0.05, 0.1) is 25.1 Å². The zero-order valence-corrected chi connectivity index (χ0v) is 17.3. The number of hydrogen-bond acceptors (Lipinski definition) is 6. The first kappa shape index (κ1) is 19.5. The Morgan fingerprint density at radius 2 is 1.86 bits per heavy atom. The number of nitrogens with zero attached hydrogens (tertiary/aromatic N) is 5. The number of H-pyrrole nitrogens is 1. The van der Waals surface area contributed by atoms with E-state index in [-0.39, 0.29) is 13.1 Å². The van der Waals surface area contributed by atoms with Crippen molar-refractivity contribution < 1.29 is 22.6 Å². The third-order valence-electron chi connectivity index (χ3n) is 5.37. The molecule has 4 rings (SSSR count). The van der Waals surface area contributed by atoms with Crippen LogP contribution in [0, 0.1) is 6.92 Å². The van der Waals surface area contributed by atoms with Gasteiger partial charge >= 0.3 is 11.9 Å². The van der Waals surface area contributed by atoms with Crippen molar-refractivity contribution >= 4 is 45.2 Å². The number of nitrogens with one attached hydrogen (secondary N) is 1. The number of imidazole rings is 1. The van der Waals surface area contributed by atoms with Gasteiger partial charge in [0.1, 0.15) is 6.21 Å². The lowest BCUT2D eigenvalue weighted by molar-refractivity contribution is -0.399. The number of urea groups is 1. The highest BCUT2D eigenvalue weighted by Gasteiger charge is 2.48. The van der Waals surface area contributed by atoms with E-state index in [2.05, 4.69) is 9.97 Å². The number of hydrogen-bond donors (Lipinski definition) is 1. The Morgan fingerprint density at radius 1 is 1.17 bits per heavy atom. The Balaban J connectivity index is 1.51. The number of aryl methyl sites for hydroxylation is 1. The minimum absolute atomic E-state index is 0.234. The molecule has 11 heteroatoms. The SMILES string of the molecule is Cc1ccc2nc(N3CCN(S(=O)(=O)C4C=[N+](C)C(=O)N(C)C4=O)CC3)[nH]c2c1. The predicted octanol–water partition coefficient (Wildman–Crippen LogP) is -0.00318. The fraction of sp³-hybridized carbons (Fsp3) is 0.444. The number of fused-ring (bicyclic) bond motifs is 1. The van der Waals surface area contributed by atoms with Crippen molar-refractivity contribution in [1.29, 1.82) is 0 Å². The van der Waals surface area contributed by atoms with E-state index in [1.54, 1.807) is 0 Å². The lowest BCUT2D eigenvalue weighted by Crippen LogP contribution is -2.58. The number of amides is 3. The third kappa shape index (κ3) is 3.29. The van der Waals surface area contributed by atoms with Gasteiger partial charge in [-0.3, -0.25) is 0 Å². The van der Waals surface area contributed by atoms with Crippen molar-refractivity contribution in [3.63, 3.8) is 0 Å². The molecule has 3 heterocycles. The smallest absolute Gasteiger partial charge is 0.340 e. The average molecular weight is 419 g/mol. The molecule has 1 unspecified atom stereocenters. The maximum absolute atomic E-state index is 13.0. The van der Waals surface area contributed by atoms with Crippen LogP contribution in [0.15, 0.2) is 18.2 Å². The third-order valence-corrected chi connectivity index (χ3v) is 7.42. The van der Waals surface area contributed by atoms with E-state index in [1.807, 2.05) is 30.0 Å². The number of benzene rings is 1. The van der Waals surface area contributed by atoms with E-state index in [0.717, 1.165) is 26.1 Å². The van der Waals surface area contributed by atoms with Crippen LogP contribution in [0.3, 0.4) is 0 Å². The molecule has 0 aliphatic carbocycles. The summed E-state index contributed by atoms with van der Waals surface area (Å²) < 4.78 is 28.5. The summed E-state index contributed by atoms with van der Waals surface area (Å²) in [5.74, 6) is -0.0313. The van der Waals surface area contributed by atoms with Crippen molar-refractivity contribution in [2.75, 3.05) is 45.2 Å². The Labute approximate surface area is 168 Å². The summed E-state index contributed by atoms with van der Waals surface area (Å²) in [7, 11) is -1.19. The van der Waals surface area contributed by atoms with Crippen LogP contribution < -0.4 is 4.90 Å². The van der Waals surface area contributed by atoms with Crippen LogP contribution >= 0.6 is 0 Å². The summed E-state index contributed by atoms with van der Waals surface area (Å²) in [6.45, 7) is 3.37. The molecule has 1 aromatic carbocycles. The summed E-state index contributed by atoms with van der Waals surface area (Å²) in [5.41, 5.74) is 2.93. The van der Waals surface area contributed by atoms with E-state index >= 15 is 0 Å². The number of aromatic nitrogens is 2. The van der Waals surface area contributed by atoms with Gasteiger partial charge in [0.25, 0.3) is 0 Å². The number of piperazine rings is 1. The Hall–Kier alpha value is -2.79. The highest BCUT2D eigenvalue weighted by molar-refractivity contribution is 7.91. The largest absolute Gasteiger partial charge is 0.500 e. The molecule has 1 fully saturated rings. The van der Waals surface area contributed by atoms with Gasteiger partial charge < -0.3 is 9.88 Å². The molecule has 2 aliphatic rings. The van der Waals surface area contributed by atoms with Gasteiger partial charge in [-0.05, 0) is 24.6 Å². The number of imide groups is 1. The molecular weight excluding hydrogens is 396 g/mol. The Kier molecular flexibility index (Phi) is 4.66. The number of carbonyl (C=O) groups excluding carboxylic acids is 2. The number of rotatable bonds is 3. The second-order valence-electron chi connectivity index (χ2n) is 7.37. The number of carbonyl (C=O) groups is 2. The molecule has 2 aliphatic heterocycles. The van der Waals surface area contributed by atoms with Crippen LogP contribution in [-0.4, -0.2) is 95.8 Å². The topological polar surface area (TPSA) is 110 Å². The minimum atomic E-state index is -3.92. The van der Waals surface area contributed by atoms with Gasteiger partial charge in [0.2, 0.25) is 21.2 Å². The van der Waals surface area contributed by atoms with Crippen molar-refractivity contribution in [2.45, 2.75) is 12.2 Å². The second kappa shape index (κ2) is 6.92. The summed E-state index contributed by atoms with van der Waals surface area (Å²) >= 11 is 0. The van der Waals surface area contributed by atoms with Crippen molar-refractivity contribution in [1.82, 2.24) is 19.2 Å².